The van der Waals surface area contributed by atoms with E-state index in [9.17, 15) is 13.6 Å². The molecule has 0 aliphatic heterocycles. The van der Waals surface area contributed by atoms with Crippen LogP contribution in [0.5, 0.6) is 5.75 Å². The topological polar surface area (TPSA) is 35.5 Å². The third-order valence-corrected chi connectivity index (χ3v) is 2.55. The van der Waals surface area contributed by atoms with Gasteiger partial charge in [0.15, 0.2) is 0 Å². The molecule has 106 valence electrons. The van der Waals surface area contributed by atoms with Crippen molar-refractivity contribution in [2.75, 3.05) is 6.61 Å². The van der Waals surface area contributed by atoms with Crippen molar-refractivity contribution in [2.24, 2.45) is 0 Å². The maximum absolute atomic E-state index is 12.0. The first kappa shape index (κ1) is 15.9. The number of carbonyl (C=O) groups excluding carboxylic acids is 1. The van der Waals surface area contributed by atoms with Crippen molar-refractivity contribution < 1.29 is 23.0 Å². The number of esters is 1. The monoisotopic (exact) mass is 336 g/mol. The number of halogens is 3. The summed E-state index contributed by atoms with van der Waals surface area (Å²) in [7, 11) is 0. The molecule has 0 amide bonds. The Hall–Kier alpha value is -1.17. The van der Waals surface area contributed by atoms with Crippen LogP contribution in [-0.4, -0.2) is 24.6 Å². The molecule has 0 aromatic heterocycles. The zero-order valence-corrected chi connectivity index (χ0v) is 12.5. The molecule has 0 aliphatic rings. The molecule has 6 heteroatoms. The summed E-state index contributed by atoms with van der Waals surface area (Å²) in [5, 5.41) is 0. The van der Waals surface area contributed by atoms with Crippen molar-refractivity contribution in [1.29, 1.82) is 0 Å². The molecule has 0 radical (unpaired) electrons. The smallest absolute Gasteiger partial charge is 0.338 e. The Bertz CT molecular complexity index is 456. The molecular weight excluding hydrogens is 322 g/mol. The number of carbonyl (C=O) groups is 1. The van der Waals surface area contributed by atoms with E-state index in [-0.39, 0.29) is 5.75 Å². The highest BCUT2D eigenvalue weighted by molar-refractivity contribution is 9.10. The zero-order chi connectivity index (χ0) is 14.6. The summed E-state index contributed by atoms with van der Waals surface area (Å²) in [6, 6.07) is 4.40. The molecule has 0 spiro atoms. The van der Waals surface area contributed by atoms with Gasteiger partial charge in [0.05, 0.1) is 10.0 Å². The quantitative estimate of drug-likeness (QED) is 0.778. The number of hydrogen-bond acceptors (Lipinski definition) is 3. The van der Waals surface area contributed by atoms with E-state index in [1.807, 2.05) is 0 Å². The second-order valence-corrected chi connectivity index (χ2v) is 5.70. The molecule has 19 heavy (non-hydrogen) atoms. The zero-order valence-electron chi connectivity index (χ0n) is 10.9. The van der Waals surface area contributed by atoms with Gasteiger partial charge in [0.25, 0.3) is 6.43 Å². The van der Waals surface area contributed by atoms with Crippen LogP contribution in [0.25, 0.3) is 0 Å². The SMILES string of the molecule is CC(C)(C)OC(=O)c1ccc(OCC(F)F)c(Br)c1. The Morgan fingerprint density at radius 1 is 1.37 bits per heavy atom. The number of hydrogen-bond donors (Lipinski definition) is 0. The van der Waals surface area contributed by atoms with E-state index in [1.165, 1.54) is 18.2 Å². The van der Waals surface area contributed by atoms with Crippen LogP contribution in [0.3, 0.4) is 0 Å². The average Bonchev–Trinajstić information content (AvgIpc) is 2.24. The van der Waals surface area contributed by atoms with E-state index >= 15 is 0 Å². The summed E-state index contributed by atoms with van der Waals surface area (Å²) in [6.07, 6.45) is -2.54. The predicted octanol–water partition coefficient (Wildman–Crippen LogP) is 4.05. The Morgan fingerprint density at radius 3 is 2.47 bits per heavy atom. The fourth-order valence-corrected chi connectivity index (χ4v) is 1.73. The normalized spacial score (nSPS) is 11.5. The van der Waals surface area contributed by atoms with Crippen molar-refractivity contribution in [1.82, 2.24) is 0 Å². The van der Waals surface area contributed by atoms with Crippen LogP contribution < -0.4 is 4.74 Å². The summed E-state index contributed by atoms with van der Waals surface area (Å²) in [6.45, 7) is 4.60. The summed E-state index contributed by atoms with van der Waals surface area (Å²) in [5.74, 6) is -0.221. The lowest BCUT2D eigenvalue weighted by molar-refractivity contribution is 0.00692. The average molecular weight is 337 g/mol. The van der Waals surface area contributed by atoms with Crippen molar-refractivity contribution in [2.45, 2.75) is 32.8 Å². The lowest BCUT2D eigenvalue weighted by atomic mass is 10.1. The van der Waals surface area contributed by atoms with Gasteiger partial charge in [-0.1, -0.05) is 0 Å². The molecule has 0 atom stereocenters. The highest BCUT2D eigenvalue weighted by atomic mass is 79.9. The molecule has 0 N–H and O–H groups in total. The summed E-state index contributed by atoms with van der Waals surface area (Å²) < 4.78 is 34.6. The van der Waals surface area contributed by atoms with Gasteiger partial charge in [-0.3, -0.25) is 0 Å². The highest BCUT2D eigenvalue weighted by Gasteiger charge is 2.18. The molecule has 1 rings (SSSR count). The second-order valence-electron chi connectivity index (χ2n) is 4.85. The first-order valence-electron chi connectivity index (χ1n) is 5.63. The first-order valence-corrected chi connectivity index (χ1v) is 6.42. The van der Waals surface area contributed by atoms with E-state index in [0.717, 1.165) is 0 Å². The minimum Gasteiger partial charge on any atom is -0.486 e. The molecule has 3 nitrogen and oxygen atoms in total. The molecule has 1 aromatic carbocycles. The van der Waals surface area contributed by atoms with Gasteiger partial charge in [0.2, 0.25) is 0 Å². The van der Waals surface area contributed by atoms with Gasteiger partial charge in [-0.05, 0) is 54.9 Å². The van der Waals surface area contributed by atoms with Crippen molar-refractivity contribution >= 4 is 21.9 Å². The Labute approximate surface area is 119 Å². The summed E-state index contributed by atoms with van der Waals surface area (Å²) in [5.41, 5.74) is -0.264. The molecule has 0 bridgehead atoms. The Balaban J connectivity index is 2.79. The molecule has 0 aliphatic carbocycles. The minimum atomic E-state index is -2.54. The lowest BCUT2D eigenvalue weighted by Gasteiger charge is -2.19. The Morgan fingerprint density at radius 2 is 2.00 bits per heavy atom. The van der Waals surface area contributed by atoms with Crippen LogP contribution in [-0.2, 0) is 4.74 Å². The molecule has 0 fully saturated rings. The highest BCUT2D eigenvalue weighted by Crippen LogP contribution is 2.27. The first-order chi connectivity index (χ1) is 8.69. The molecule has 0 saturated carbocycles. The van der Waals surface area contributed by atoms with Crippen LogP contribution >= 0.6 is 15.9 Å². The van der Waals surface area contributed by atoms with Crippen LogP contribution in [0.1, 0.15) is 31.1 Å². The fraction of sp³-hybridized carbons (Fsp3) is 0.462. The van der Waals surface area contributed by atoms with E-state index in [0.29, 0.717) is 10.0 Å². The van der Waals surface area contributed by atoms with Gasteiger partial charge < -0.3 is 9.47 Å². The van der Waals surface area contributed by atoms with Gasteiger partial charge in [-0.15, -0.1) is 0 Å². The summed E-state index contributed by atoms with van der Waals surface area (Å²) in [4.78, 5) is 11.8. The maximum Gasteiger partial charge on any atom is 0.338 e. The number of ether oxygens (including phenoxy) is 2. The van der Waals surface area contributed by atoms with E-state index in [1.54, 1.807) is 20.8 Å². The van der Waals surface area contributed by atoms with E-state index in [4.69, 9.17) is 9.47 Å². The van der Waals surface area contributed by atoms with Gasteiger partial charge in [-0.2, -0.15) is 0 Å². The van der Waals surface area contributed by atoms with Crippen molar-refractivity contribution in [3.05, 3.63) is 28.2 Å². The standard InChI is InChI=1S/C13H15BrF2O3/c1-13(2,3)19-12(17)8-4-5-10(9(14)6-8)18-7-11(15)16/h4-6,11H,7H2,1-3H3. The van der Waals surface area contributed by atoms with E-state index < -0.39 is 24.6 Å². The lowest BCUT2D eigenvalue weighted by Crippen LogP contribution is -2.23. The third-order valence-electron chi connectivity index (χ3n) is 1.93. The van der Waals surface area contributed by atoms with Gasteiger partial charge in [-0.25, -0.2) is 13.6 Å². The van der Waals surface area contributed by atoms with Crippen LogP contribution in [0.15, 0.2) is 22.7 Å². The van der Waals surface area contributed by atoms with Gasteiger partial charge in [0.1, 0.15) is 18.0 Å². The third kappa shape index (κ3) is 5.55. The Kier molecular flexibility index (Phi) is 5.29. The maximum atomic E-state index is 12.0. The molecular formula is C13H15BrF2O3. The predicted molar refractivity (Wildman–Crippen MR) is 70.8 cm³/mol. The number of rotatable bonds is 4. The van der Waals surface area contributed by atoms with Crippen molar-refractivity contribution in [3.63, 3.8) is 0 Å². The van der Waals surface area contributed by atoms with Gasteiger partial charge >= 0.3 is 5.97 Å². The minimum absolute atomic E-state index is 0.257. The van der Waals surface area contributed by atoms with Crippen LogP contribution in [0.2, 0.25) is 0 Å². The van der Waals surface area contributed by atoms with Crippen LogP contribution in [0.4, 0.5) is 8.78 Å². The molecule has 1 aromatic rings. The van der Waals surface area contributed by atoms with Gasteiger partial charge in [0, 0.05) is 0 Å². The molecule has 0 unspecified atom stereocenters. The van der Waals surface area contributed by atoms with Crippen LogP contribution in [0, 0.1) is 0 Å². The fourth-order valence-electron chi connectivity index (χ4n) is 1.23. The second kappa shape index (κ2) is 6.32. The van der Waals surface area contributed by atoms with E-state index in [2.05, 4.69) is 15.9 Å². The molecule has 0 saturated heterocycles. The summed E-state index contributed by atoms with van der Waals surface area (Å²) >= 11 is 3.17. The van der Waals surface area contributed by atoms with Crippen molar-refractivity contribution in [3.8, 4) is 5.75 Å². The molecule has 0 heterocycles. The number of alkyl halides is 2. The largest absolute Gasteiger partial charge is 0.486 e. The number of benzene rings is 1.